The molecule has 2 amide bonds. The lowest BCUT2D eigenvalue weighted by atomic mass is 9.86. The Morgan fingerprint density at radius 1 is 1.16 bits per heavy atom. The van der Waals surface area contributed by atoms with Gasteiger partial charge < -0.3 is 15.7 Å². The van der Waals surface area contributed by atoms with Gasteiger partial charge in [-0.2, -0.15) is 5.10 Å². The van der Waals surface area contributed by atoms with Crippen LogP contribution >= 0.6 is 0 Å². The fourth-order valence-electron chi connectivity index (χ4n) is 3.12. The largest absolute Gasteiger partial charge is 0.481 e. The van der Waals surface area contributed by atoms with Crippen LogP contribution in [0.3, 0.4) is 0 Å². The number of carbonyl (C=O) groups excluding carboxylic acids is 1. The van der Waals surface area contributed by atoms with Crippen molar-refractivity contribution in [3.05, 3.63) is 42.2 Å². The van der Waals surface area contributed by atoms with Gasteiger partial charge in [-0.3, -0.25) is 4.79 Å². The second-order valence-electron chi connectivity index (χ2n) is 6.39. The normalized spacial score (nSPS) is 20.0. The number of benzene rings is 1. The molecular formula is C18H22N4O3. The lowest BCUT2D eigenvalue weighted by Crippen LogP contribution is -2.41. The van der Waals surface area contributed by atoms with Crippen molar-refractivity contribution in [1.29, 1.82) is 0 Å². The van der Waals surface area contributed by atoms with E-state index in [0.717, 1.165) is 11.4 Å². The summed E-state index contributed by atoms with van der Waals surface area (Å²) in [6.07, 6.45) is 4.36. The highest BCUT2D eigenvalue weighted by molar-refractivity contribution is 5.90. The Morgan fingerprint density at radius 3 is 2.48 bits per heavy atom. The average Bonchev–Trinajstić information content (AvgIpc) is 2.97. The van der Waals surface area contributed by atoms with Crippen LogP contribution in [-0.4, -0.2) is 32.9 Å². The van der Waals surface area contributed by atoms with Gasteiger partial charge in [-0.05, 0) is 44.7 Å². The number of aryl methyl sites for hydroxylation is 1. The van der Waals surface area contributed by atoms with Crippen molar-refractivity contribution in [3.63, 3.8) is 0 Å². The summed E-state index contributed by atoms with van der Waals surface area (Å²) in [5.74, 6) is -1.03. The van der Waals surface area contributed by atoms with Gasteiger partial charge in [-0.25, -0.2) is 9.48 Å². The molecule has 7 nitrogen and oxygen atoms in total. The summed E-state index contributed by atoms with van der Waals surface area (Å²) in [5.41, 5.74) is 2.31. The summed E-state index contributed by atoms with van der Waals surface area (Å²) in [6, 6.07) is 9.41. The lowest BCUT2D eigenvalue weighted by molar-refractivity contribution is -0.142. The van der Waals surface area contributed by atoms with Crippen LogP contribution in [0.4, 0.5) is 10.5 Å². The van der Waals surface area contributed by atoms with E-state index >= 15 is 0 Å². The molecule has 3 rings (SSSR count). The van der Waals surface area contributed by atoms with Gasteiger partial charge in [0.15, 0.2) is 0 Å². The summed E-state index contributed by atoms with van der Waals surface area (Å²) in [7, 11) is 0. The minimum Gasteiger partial charge on any atom is -0.481 e. The van der Waals surface area contributed by atoms with Crippen LogP contribution in [0.5, 0.6) is 0 Å². The Kier molecular flexibility index (Phi) is 5.02. The van der Waals surface area contributed by atoms with E-state index in [4.69, 9.17) is 5.11 Å². The molecule has 1 saturated carbocycles. The number of nitrogens with zero attached hydrogens (tertiary/aromatic N) is 2. The number of para-hydroxylation sites is 1. The second-order valence-corrected chi connectivity index (χ2v) is 6.39. The van der Waals surface area contributed by atoms with E-state index in [1.54, 1.807) is 10.9 Å². The Morgan fingerprint density at radius 2 is 1.84 bits per heavy atom. The third kappa shape index (κ3) is 4.17. The van der Waals surface area contributed by atoms with Gasteiger partial charge in [0, 0.05) is 6.04 Å². The lowest BCUT2D eigenvalue weighted by Gasteiger charge is -2.26. The maximum atomic E-state index is 12.2. The molecule has 3 N–H and O–H groups in total. The number of amides is 2. The third-order valence-electron chi connectivity index (χ3n) is 4.58. The predicted octanol–water partition coefficient (Wildman–Crippen LogP) is 2.95. The van der Waals surface area contributed by atoms with Crippen LogP contribution in [0.15, 0.2) is 36.5 Å². The Balaban J connectivity index is 1.57. The van der Waals surface area contributed by atoms with E-state index in [1.165, 1.54) is 0 Å². The molecule has 25 heavy (non-hydrogen) atoms. The topological polar surface area (TPSA) is 96.3 Å². The predicted molar refractivity (Wildman–Crippen MR) is 93.8 cm³/mol. The fourth-order valence-corrected chi connectivity index (χ4v) is 3.12. The van der Waals surface area contributed by atoms with Crippen molar-refractivity contribution in [1.82, 2.24) is 15.1 Å². The zero-order chi connectivity index (χ0) is 17.8. The Hall–Kier alpha value is -2.83. The molecule has 1 aromatic carbocycles. The Bertz CT molecular complexity index is 749. The van der Waals surface area contributed by atoms with Gasteiger partial charge in [-0.1, -0.05) is 18.2 Å². The molecule has 0 radical (unpaired) electrons. The smallest absolute Gasteiger partial charge is 0.319 e. The van der Waals surface area contributed by atoms with Gasteiger partial charge in [0.25, 0.3) is 0 Å². The number of nitrogens with one attached hydrogen (secondary N) is 2. The highest BCUT2D eigenvalue weighted by Crippen LogP contribution is 2.24. The van der Waals surface area contributed by atoms with Crippen molar-refractivity contribution < 1.29 is 14.7 Å². The van der Waals surface area contributed by atoms with Gasteiger partial charge in [0.1, 0.15) is 0 Å². The molecule has 2 aromatic rings. The molecule has 132 valence electrons. The number of aliphatic carboxylic acids is 1. The van der Waals surface area contributed by atoms with Gasteiger partial charge in [-0.15, -0.1) is 0 Å². The van der Waals surface area contributed by atoms with Crippen LogP contribution in [0.2, 0.25) is 0 Å². The maximum Gasteiger partial charge on any atom is 0.319 e. The van der Waals surface area contributed by atoms with Gasteiger partial charge in [0.05, 0.1) is 29.2 Å². The zero-order valence-electron chi connectivity index (χ0n) is 14.1. The van der Waals surface area contributed by atoms with Crippen LogP contribution in [0.1, 0.15) is 31.4 Å². The molecule has 0 saturated heterocycles. The number of hydrogen-bond donors (Lipinski definition) is 3. The van der Waals surface area contributed by atoms with Crippen LogP contribution in [-0.2, 0) is 4.79 Å². The summed E-state index contributed by atoms with van der Waals surface area (Å²) >= 11 is 0. The third-order valence-corrected chi connectivity index (χ3v) is 4.58. The SMILES string of the molecule is Cc1nn(-c2ccccc2)cc1NC(=O)NC1CCC(C(=O)O)CC1. The maximum absolute atomic E-state index is 12.2. The van der Waals surface area contributed by atoms with E-state index in [9.17, 15) is 9.59 Å². The highest BCUT2D eigenvalue weighted by atomic mass is 16.4. The molecule has 1 heterocycles. The minimum atomic E-state index is -0.744. The van der Waals surface area contributed by atoms with Crippen molar-refractivity contribution in [3.8, 4) is 5.69 Å². The van der Waals surface area contributed by atoms with Crippen molar-refractivity contribution in [2.24, 2.45) is 5.92 Å². The quantitative estimate of drug-likeness (QED) is 0.796. The number of hydrogen-bond acceptors (Lipinski definition) is 3. The summed E-state index contributed by atoms with van der Waals surface area (Å²) < 4.78 is 1.73. The molecule has 0 aliphatic heterocycles. The molecule has 1 aliphatic carbocycles. The van der Waals surface area contributed by atoms with Crippen molar-refractivity contribution in [2.75, 3.05) is 5.32 Å². The fraction of sp³-hybridized carbons (Fsp3) is 0.389. The Labute approximate surface area is 146 Å². The number of urea groups is 1. The first-order valence-corrected chi connectivity index (χ1v) is 8.45. The number of carbonyl (C=O) groups is 2. The van der Waals surface area contributed by atoms with Gasteiger partial charge in [0.2, 0.25) is 0 Å². The van der Waals surface area contributed by atoms with Crippen LogP contribution < -0.4 is 10.6 Å². The number of aromatic nitrogens is 2. The first kappa shape index (κ1) is 17.0. The van der Waals surface area contributed by atoms with Crippen molar-refractivity contribution >= 4 is 17.7 Å². The molecule has 0 spiro atoms. The minimum absolute atomic E-state index is 0.0140. The van der Waals surface area contributed by atoms with E-state index in [2.05, 4.69) is 15.7 Å². The van der Waals surface area contributed by atoms with Gasteiger partial charge >= 0.3 is 12.0 Å². The number of rotatable bonds is 4. The molecule has 1 aromatic heterocycles. The second kappa shape index (κ2) is 7.38. The zero-order valence-corrected chi connectivity index (χ0v) is 14.1. The molecule has 1 aliphatic rings. The first-order valence-electron chi connectivity index (χ1n) is 8.45. The summed E-state index contributed by atoms with van der Waals surface area (Å²) in [4.78, 5) is 23.2. The monoisotopic (exact) mass is 342 g/mol. The van der Waals surface area contributed by atoms with E-state index in [0.29, 0.717) is 31.4 Å². The molecule has 1 fully saturated rings. The number of carboxylic acids is 1. The van der Waals surface area contributed by atoms with Crippen LogP contribution in [0.25, 0.3) is 5.69 Å². The van der Waals surface area contributed by atoms with Crippen LogP contribution in [0, 0.1) is 12.8 Å². The van der Waals surface area contributed by atoms with E-state index < -0.39 is 5.97 Å². The highest BCUT2D eigenvalue weighted by Gasteiger charge is 2.26. The van der Waals surface area contributed by atoms with E-state index in [-0.39, 0.29) is 18.0 Å². The number of anilines is 1. The molecule has 0 bridgehead atoms. The molecule has 0 unspecified atom stereocenters. The standard InChI is InChI=1S/C18H22N4O3/c1-12-16(11-22(21-12)15-5-3-2-4-6-15)20-18(25)19-14-9-7-13(8-10-14)17(23)24/h2-6,11,13-14H,7-10H2,1H3,(H,23,24)(H2,19,20,25). The molecular weight excluding hydrogens is 320 g/mol. The molecule has 0 atom stereocenters. The number of carboxylic acid groups (broad SMARTS) is 1. The summed E-state index contributed by atoms with van der Waals surface area (Å²) in [5, 5.41) is 19.2. The first-order chi connectivity index (χ1) is 12.0. The average molecular weight is 342 g/mol. The van der Waals surface area contributed by atoms with E-state index in [1.807, 2.05) is 37.3 Å². The summed E-state index contributed by atoms with van der Waals surface area (Å²) in [6.45, 7) is 1.84. The van der Waals surface area contributed by atoms with Crippen molar-refractivity contribution in [2.45, 2.75) is 38.6 Å². The molecule has 7 heteroatoms.